The average Bonchev–Trinajstić information content (AvgIpc) is 3.07. The second-order valence-corrected chi connectivity index (χ2v) is 5.18. The maximum Gasteiger partial charge on any atom is 0.0488 e. The summed E-state index contributed by atoms with van der Waals surface area (Å²) >= 11 is 0. The quantitative estimate of drug-likeness (QED) is 0.602. The fourth-order valence-electron chi connectivity index (χ4n) is 2.40. The van der Waals surface area contributed by atoms with E-state index in [2.05, 4.69) is 44.4 Å². The van der Waals surface area contributed by atoms with Crippen LogP contribution in [0.3, 0.4) is 0 Å². The van der Waals surface area contributed by atoms with Crippen molar-refractivity contribution >= 4 is 0 Å². The lowest BCUT2D eigenvalue weighted by molar-refractivity contribution is 0.354. The van der Waals surface area contributed by atoms with Gasteiger partial charge < -0.3 is 0 Å². The van der Waals surface area contributed by atoms with E-state index in [1.54, 1.807) is 0 Å². The van der Waals surface area contributed by atoms with Crippen molar-refractivity contribution in [1.29, 1.82) is 0 Å². The van der Waals surface area contributed by atoms with Crippen molar-refractivity contribution < 1.29 is 0 Å². The van der Waals surface area contributed by atoms with Gasteiger partial charge in [0.05, 0.1) is 0 Å². The number of benzene rings is 1. The average molecular weight is 218 g/mol. The summed E-state index contributed by atoms with van der Waals surface area (Å²) in [5.41, 5.74) is 7.00. The SMILES string of the molecule is Cc1ccc(C(NN)C(C)C2CC2)cc1C. The number of rotatable bonds is 4. The van der Waals surface area contributed by atoms with E-state index >= 15 is 0 Å². The Hall–Kier alpha value is -0.860. The third-order valence-electron chi connectivity index (χ3n) is 3.96. The highest BCUT2D eigenvalue weighted by Crippen LogP contribution is 2.42. The largest absolute Gasteiger partial charge is 0.271 e. The number of nitrogens with two attached hydrogens (primary N) is 1. The summed E-state index contributed by atoms with van der Waals surface area (Å²) in [6.07, 6.45) is 2.73. The molecule has 2 unspecified atom stereocenters. The van der Waals surface area contributed by atoms with Crippen molar-refractivity contribution in [3.05, 3.63) is 34.9 Å². The van der Waals surface area contributed by atoms with Crippen LogP contribution in [0.2, 0.25) is 0 Å². The summed E-state index contributed by atoms with van der Waals surface area (Å²) in [6.45, 7) is 6.61. The molecule has 0 aliphatic heterocycles. The number of hydrogen-bond donors (Lipinski definition) is 2. The fraction of sp³-hybridized carbons (Fsp3) is 0.571. The van der Waals surface area contributed by atoms with Crippen molar-refractivity contribution in [3.8, 4) is 0 Å². The molecule has 1 aliphatic carbocycles. The molecule has 0 saturated heterocycles. The lowest BCUT2D eigenvalue weighted by Gasteiger charge is -2.24. The molecule has 0 radical (unpaired) electrons. The molecule has 16 heavy (non-hydrogen) atoms. The maximum absolute atomic E-state index is 5.71. The monoisotopic (exact) mass is 218 g/mol. The van der Waals surface area contributed by atoms with Crippen molar-refractivity contribution in [2.45, 2.75) is 39.7 Å². The Balaban J connectivity index is 2.21. The first-order valence-corrected chi connectivity index (χ1v) is 6.16. The third-order valence-corrected chi connectivity index (χ3v) is 3.96. The van der Waals surface area contributed by atoms with E-state index in [1.807, 2.05) is 0 Å². The second kappa shape index (κ2) is 4.56. The Morgan fingerprint density at radius 2 is 1.94 bits per heavy atom. The number of hydrogen-bond acceptors (Lipinski definition) is 2. The zero-order valence-electron chi connectivity index (χ0n) is 10.5. The van der Waals surface area contributed by atoms with Gasteiger partial charge in [0.15, 0.2) is 0 Å². The molecule has 2 nitrogen and oxygen atoms in total. The van der Waals surface area contributed by atoms with Crippen LogP contribution < -0.4 is 11.3 Å². The van der Waals surface area contributed by atoms with Crippen molar-refractivity contribution in [1.82, 2.24) is 5.43 Å². The highest BCUT2D eigenvalue weighted by Gasteiger charge is 2.33. The minimum absolute atomic E-state index is 0.298. The highest BCUT2D eigenvalue weighted by molar-refractivity contribution is 5.32. The van der Waals surface area contributed by atoms with Crippen LogP contribution >= 0.6 is 0 Å². The summed E-state index contributed by atoms with van der Waals surface area (Å²) in [6, 6.07) is 6.95. The molecule has 0 amide bonds. The number of nitrogens with one attached hydrogen (secondary N) is 1. The van der Waals surface area contributed by atoms with Gasteiger partial charge in [-0.3, -0.25) is 11.3 Å². The van der Waals surface area contributed by atoms with Crippen LogP contribution in [-0.2, 0) is 0 Å². The van der Waals surface area contributed by atoms with Gasteiger partial charge >= 0.3 is 0 Å². The van der Waals surface area contributed by atoms with Crippen molar-refractivity contribution in [3.63, 3.8) is 0 Å². The van der Waals surface area contributed by atoms with Gasteiger partial charge in [-0.05, 0) is 55.2 Å². The molecule has 88 valence electrons. The van der Waals surface area contributed by atoms with Crippen LogP contribution in [0.5, 0.6) is 0 Å². The second-order valence-electron chi connectivity index (χ2n) is 5.18. The van der Waals surface area contributed by atoms with Crippen LogP contribution in [0.4, 0.5) is 0 Å². The van der Waals surface area contributed by atoms with Gasteiger partial charge in [0, 0.05) is 6.04 Å². The molecular weight excluding hydrogens is 196 g/mol. The molecule has 1 saturated carbocycles. The molecule has 2 heteroatoms. The first-order valence-electron chi connectivity index (χ1n) is 6.16. The standard InChI is InChI=1S/C14H22N2/c1-9-4-5-13(8-10(9)2)14(16-15)11(3)12-6-7-12/h4-5,8,11-12,14,16H,6-7,15H2,1-3H3. The van der Waals surface area contributed by atoms with E-state index in [9.17, 15) is 0 Å². The molecule has 1 fully saturated rings. The van der Waals surface area contributed by atoms with E-state index in [4.69, 9.17) is 5.84 Å². The van der Waals surface area contributed by atoms with E-state index in [0.29, 0.717) is 12.0 Å². The summed E-state index contributed by atoms with van der Waals surface area (Å²) in [5.74, 6) is 7.20. The molecule has 1 aromatic rings. The van der Waals surface area contributed by atoms with E-state index in [-0.39, 0.29) is 0 Å². The Labute approximate surface area is 98.2 Å². The van der Waals surface area contributed by atoms with Crippen LogP contribution in [0.15, 0.2) is 18.2 Å². The molecule has 1 aliphatic rings. The smallest absolute Gasteiger partial charge is 0.0488 e. The van der Waals surface area contributed by atoms with Gasteiger partial charge in [0.1, 0.15) is 0 Å². The molecule has 2 rings (SSSR count). The van der Waals surface area contributed by atoms with Gasteiger partial charge in [-0.2, -0.15) is 0 Å². The minimum Gasteiger partial charge on any atom is -0.271 e. The van der Waals surface area contributed by atoms with Gasteiger partial charge in [-0.25, -0.2) is 0 Å². The zero-order valence-corrected chi connectivity index (χ0v) is 10.5. The topological polar surface area (TPSA) is 38.0 Å². The fourth-order valence-corrected chi connectivity index (χ4v) is 2.40. The lowest BCUT2D eigenvalue weighted by Crippen LogP contribution is -2.33. The third kappa shape index (κ3) is 2.28. The molecule has 0 spiro atoms. The summed E-state index contributed by atoms with van der Waals surface area (Å²) < 4.78 is 0. The molecule has 3 N–H and O–H groups in total. The molecule has 0 heterocycles. The van der Waals surface area contributed by atoms with Gasteiger partial charge in [-0.15, -0.1) is 0 Å². The molecule has 0 aromatic heterocycles. The summed E-state index contributed by atoms with van der Waals surface area (Å²) in [4.78, 5) is 0. The van der Waals surface area contributed by atoms with Crippen LogP contribution in [-0.4, -0.2) is 0 Å². The Morgan fingerprint density at radius 1 is 1.25 bits per heavy atom. The molecular formula is C14H22N2. The van der Waals surface area contributed by atoms with Gasteiger partial charge in [0.25, 0.3) is 0 Å². The predicted octanol–water partition coefficient (Wildman–Crippen LogP) is 2.85. The summed E-state index contributed by atoms with van der Waals surface area (Å²) in [7, 11) is 0. The van der Waals surface area contributed by atoms with E-state index in [0.717, 1.165) is 5.92 Å². The predicted molar refractivity (Wildman–Crippen MR) is 67.9 cm³/mol. The van der Waals surface area contributed by atoms with Crippen molar-refractivity contribution in [2.75, 3.05) is 0 Å². The maximum atomic E-state index is 5.71. The molecule has 0 bridgehead atoms. The normalized spacial score (nSPS) is 19.5. The first kappa shape index (κ1) is 11.6. The highest BCUT2D eigenvalue weighted by atomic mass is 15.2. The zero-order chi connectivity index (χ0) is 11.7. The van der Waals surface area contributed by atoms with E-state index in [1.165, 1.54) is 29.5 Å². The van der Waals surface area contributed by atoms with Crippen LogP contribution in [0.1, 0.15) is 42.5 Å². The number of aryl methyl sites for hydroxylation is 2. The Kier molecular flexibility index (Phi) is 3.31. The van der Waals surface area contributed by atoms with Crippen LogP contribution in [0, 0.1) is 25.7 Å². The van der Waals surface area contributed by atoms with E-state index < -0.39 is 0 Å². The Morgan fingerprint density at radius 3 is 2.44 bits per heavy atom. The Bertz CT molecular complexity index is 369. The first-order chi connectivity index (χ1) is 7.63. The molecule has 2 atom stereocenters. The van der Waals surface area contributed by atoms with Crippen LogP contribution in [0.25, 0.3) is 0 Å². The van der Waals surface area contributed by atoms with Gasteiger partial charge in [-0.1, -0.05) is 25.1 Å². The minimum atomic E-state index is 0.298. The lowest BCUT2D eigenvalue weighted by atomic mass is 9.90. The molecule has 1 aromatic carbocycles. The summed E-state index contributed by atoms with van der Waals surface area (Å²) in [5, 5.41) is 0. The number of hydrazine groups is 1. The van der Waals surface area contributed by atoms with Crippen molar-refractivity contribution in [2.24, 2.45) is 17.7 Å². The van der Waals surface area contributed by atoms with Gasteiger partial charge in [0.2, 0.25) is 0 Å².